The molecule has 0 aliphatic heterocycles. The van der Waals surface area contributed by atoms with Gasteiger partial charge in [0.15, 0.2) is 5.78 Å². The molecule has 0 atom stereocenters. The van der Waals surface area contributed by atoms with Gasteiger partial charge >= 0.3 is 0 Å². The van der Waals surface area contributed by atoms with Crippen LogP contribution in [0.1, 0.15) is 21.5 Å². The van der Waals surface area contributed by atoms with E-state index in [0.717, 1.165) is 5.56 Å². The second-order valence-electron chi connectivity index (χ2n) is 6.50. The molecule has 0 heterocycles. The molecule has 0 radical (unpaired) electrons. The summed E-state index contributed by atoms with van der Waals surface area (Å²) in [7, 11) is 0. The summed E-state index contributed by atoms with van der Waals surface area (Å²) in [6, 6.07) is 19.5. The Hall–Kier alpha value is -4.03. The minimum atomic E-state index is -0.480. The first kappa shape index (κ1) is 21.7. The number of nitrogens with one attached hydrogen (secondary N) is 1. The lowest BCUT2D eigenvalue weighted by molar-refractivity contribution is -0.384. The topological polar surface area (TPSA) is 89.3 Å². The van der Waals surface area contributed by atoms with Gasteiger partial charge in [-0.25, -0.2) is 0 Å². The van der Waals surface area contributed by atoms with Gasteiger partial charge in [0.25, 0.3) is 5.69 Å². The number of non-ortho nitro benzene ring substituents is 1. The monoisotopic (exact) mass is 432 g/mol. The fraction of sp³-hybridized carbons (Fsp3) is 0. The predicted octanol–water partition coefficient (Wildman–Crippen LogP) is 5.80. The third-order valence-electron chi connectivity index (χ3n) is 4.27. The molecule has 0 aliphatic carbocycles. The van der Waals surface area contributed by atoms with Crippen molar-refractivity contribution in [2.75, 3.05) is 5.32 Å². The van der Waals surface area contributed by atoms with E-state index in [9.17, 15) is 19.7 Å². The third kappa shape index (κ3) is 6.48. The predicted molar refractivity (Wildman–Crippen MR) is 122 cm³/mol. The zero-order chi connectivity index (χ0) is 22.2. The molecule has 0 spiro atoms. The smallest absolute Gasteiger partial charge is 0.269 e. The van der Waals surface area contributed by atoms with Crippen molar-refractivity contribution in [2.24, 2.45) is 0 Å². The lowest BCUT2D eigenvalue weighted by Crippen LogP contribution is -2.07. The highest BCUT2D eigenvalue weighted by molar-refractivity contribution is 6.30. The number of benzene rings is 3. The normalized spacial score (nSPS) is 11.0. The maximum Gasteiger partial charge on any atom is 0.269 e. The van der Waals surface area contributed by atoms with Gasteiger partial charge in [-0.3, -0.25) is 19.7 Å². The highest BCUT2D eigenvalue weighted by Crippen LogP contribution is 2.15. The average Bonchev–Trinajstić information content (AvgIpc) is 2.78. The summed E-state index contributed by atoms with van der Waals surface area (Å²) in [5.74, 6) is -0.468. The molecule has 0 unspecified atom stereocenters. The molecule has 3 aromatic carbocycles. The zero-order valence-electron chi connectivity index (χ0n) is 16.2. The SMILES string of the molecule is O=C(C=Cc1ccc([N+](=O)[O-])cc1)Nc1ccc(C=CC(=O)c2ccc(Cl)cc2)cc1. The van der Waals surface area contributed by atoms with Crippen LogP contribution in [-0.4, -0.2) is 16.6 Å². The molecule has 7 heteroatoms. The van der Waals surface area contributed by atoms with E-state index in [0.29, 0.717) is 21.8 Å². The van der Waals surface area contributed by atoms with E-state index >= 15 is 0 Å². The quantitative estimate of drug-likeness (QED) is 0.221. The van der Waals surface area contributed by atoms with Crippen molar-refractivity contribution in [2.45, 2.75) is 0 Å². The summed E-state index contributed by atoms with van der Waals surface area (Å²) >= 11 is 5.82. The minimum absolute atomic E-state index is 0.00870. The molecular formula is C24H17ClN2O4. The summed E-state index contributed by atoms with van der Waals surface area (Å²) < 4.78 is 0. The van der Waals surface area contributed by atoms with Gasteiger partial charge in [0.05, 0.1) is 4.92 Å². The zero-order valence-corrected chi connectivity index (χ0v) is 17.0. The molecule has 6 nitrogen and oxygen atoms in total. The molecule has 1 amide bonds. The van der Waals surface area contributed by atoms with Crippen LogP contribution in [0.5, 0.6) is 0 Å². The fourth-order valence-electron chi connectivity index (χ4n) is 2.62. The summed E-state index contributed by atoms with van der Waals surface area (Å²) in [6.07, 6.45) is 6.08. The molecule has 154 valence electrons. The van der Waals surface area contributed by atoms with Crippen LogP contribution in [0.4, 0.5) is 11.4 Å². The number of anilines is 1. The van der Waals surface area contributed by atoms with Crippen molar-refractivity contribution >= 4 is 46.8 Å². The lowest BCUT2D eigenvalue weighted by atomic mass is 10.1. The minimum Gasteiger partial charge on any atom is -0.323 e. The molecule has 3 rings (SSSR count). The summed E-state index contributed by atoms with van der Waals surface area (Å²) in [4.78, 5) is 34.4. The van der Waals surface area contributed by atoms with Crippen molar-refractivity contribution in [3.8, 4) is 0 Å². The molecule has 0 saturated heterocycles. The molecule has 0 saturated carbocycles. The van der Waals surface area contributed by atoms with Gasteiger partial charge in [0, 0.05) is 34.5 Å². The van der Waals surface area contributed by atoms with Gasteiger partial charge in [0.1, 0.15) is 0 Å². The van der Waals surface area contributed by atoms with E-state index in [1.54, 1.807) is 72.8 Å². The summed E-state index contributed by atoms with van der Waals surface area (Å²) in [6.45, 7) is 0. The lowest BCUT2D eigenvalue weighted by Gasteiger charge is -2.03. The Morgan fingerprint density at radius 3 is 1.94 bits per heavy atom. The van der Waals surface area contributed by atoms with Crippen LogP contribution in [0, 0.1) is 10.1 Å². The second-order valence-corrected chi connectivity index (χ2v) is 6.93. The van der Waals surface area contributed by atoms with E-state index in [4.69, 9.17) is 11.6 Å². The molecule has 31 heavy (non-hydrogen) atoms. The molecule has 0 fully saturated rings. The van der Waals surface area contributed by atoms with Crippen molar-refractivity contribution in [1.29, 1.82) is 0 Å². The summed E-state index contributed by atoms with van der Waals surface area (Å²) in [5, 5.41) is 14.0. The molecule has 0 bridgehead atoms. The first-order valence-electron chi connectivity index (χ1n) is 9.22. The molecule has 1 N–H and O–H groups in total. The van der Waals surface area contributed by atoms with Crippen LogP contribution in [0.2, 0.25) is 5.02 Å². The third-order valence-corrected chi connectivity index (χ3v) is 4.52. The number of ketones is 1. The number of allylic oxidation sites excluding steroid dienone is 1. The van der Waals surface area contributed by atoms with Gasteiger partial charge in [-0.1, -0.05) is 29.8 Å². The van der Waals surface area contributed by atoms with Crippen molar-refractivity contribution in [3.63, 3.8) is 0 Å². The number of carbonyl (C=O) groups excluding carboxylic acids is 2. The Balaban J connectivity index is 1.55. The standard InChI is InChI=1S/C24H17ClN2O4/c25-20-9-7-19(8-10-20)23(28)15-5-17-1-11-21(12-2-17)26-24(29)16-6-18-3-13-22(14-4-18)27(30)31/h1-16H,(H,26,29). The van der Waals surface area contributed by atoms with Crippen LogP contribution in [0.3, 0.4) is 0 Å². The highest BCUT2D eigenvalue weighted by Gasteiger charge is 2.04. The van der Waals surface area contributed by atoms with E-state index in [-0.39, 0.29) is 17.4 Å². The fourth-order valence-corrected chi connectivity index (χ4v) is 2.75. The summed E-state index contributed by atoms with van der Waals surface area (Å²) in [5.41, 5.74) is 2.61. The van der Waals surface area contributed by atoms with E-state index in [1.807, 2.05) is 0 Å². The number of amides is 1. The molecule has 0 aliphatic rings. The number of carbonyl (C=O) groups is 2. The Bertz CT molecular complexity index is 1150. The number of rotatable bonds is 7. The Morgan fingerprint density at radius 1 is 0.806 bits per heavy atom. The number of nitro benzene ring substituents is 1. The maximum atomic E-state index is 12.2. The van der Waals surface area contributed by atoms with Gasteiger partial charge < -0.3 is 5.32 Å². The van der Waals surface area contributed by atoms with Crippen LogP contribution in [0.25, 0.3) is 12.2 Å². The van der Waals surface area contributed by atoms with Crippen LogP contribution in [-0.2, 0) is 4.79 Å². The van der Waals surface area contributed by atoms with Crippen molar-refractivity contribution in [1.82, 2.24) is 0 Å². The maximum absolute atomic E-state index is 12.2. The average molecular weight is 433 g/mol. The van der Waals surface area contributed by atoms with Crippen molar-refractivity contribution < 1.29 is 14.5 Å². The van der Waals surface area contributed by atoms with Crippen LogP contribution >= 0.6 is 11.6 Å². The first-order chi connectivity index (χ1) is 14.9. The molecule has 3 aromatic rings. The van der Waals surface area contributed by atoms with Gasteiger partial charge in [-0.2, -0.15) is 0 Å². The Kier molecular flexibility index (Phi) is 7.09. The van der Waals surface area contributed by atoms with E-state index < -0.39 is 4.92 Å². The molecule has 0 aromatic heterocycles. The van der Waals surface area contributed by atoms with Gasteiger partial charge in [-0.15, -0.1) is 0 Å². The highest BCUT2D eigenvalue weighted by atomic mass is 35.5. The first-order valence-corrected chi connectivity index (χ1v) is 9.60. The Labute approximate surface area is 183 Å². The van der Waals surface area contributed by atoms with Gasteiger partial charge in [-0.05, 0) is 71.8 Å². The number of hydrogen-bond donors (Lipinski definition) is 1. The van der Waals surface area contributed by atoms with Crippen LogP contribution < -0.4 is 5.32 Å². The largest absolute Gasteiger partial charge is 0.323 e. The van der Waals surface area contributed by atoms with Gasteiger partial charge in [0.2, 0.25) is 5.91 Å². The van der Waals surface area contributed by atoms with Crippen LogP contribution in [0.15, 0.2) is 84.9 Å². The van der Waals surface area contributed by atoms with Crippen molar-refractivity contribution in [3.05, 3.63) is 117 Å². The van der Waals surface area contributed by atoms with E-state index in [2.05, 4.69) is 5.32 Å². The molecular weight excluding hydrogens is 416 g/mol. The Morgan fingerprint density at radius 2 is 1.35 bits per heavy atom. The van der Waals surface area contributed by atoms with E-state index in [1.165, 1.54) is 24.3 Å². The number of nitrogens with zero attached hydrogens (tertiary/aromatic N) is 1. The number of hydrogen-bond acceptors (Lipinski definition) is 4. The second kappa shape index (κ2) is 10.1. The number of nitro groups is 1. The number of halogens is 1.